The highest BCUT2D eigenvalue weighted by Crippen LogP contribution is 2.41. The number of rotatable bonds is 3. The lowest BCUT2D eigenvalue weighted by Crippen LogP contribution is -2.22. The minimum atomic E-state index is -0.762. The normalized spacial score (nSPS) is 21.6. The van der Waals surface area contributed by atoms with E-state index in [-0.39, 0.29) is 5.78 Å². The van der Waals surface area contributed by atoms with Crippen molar-refractivity contribution >= 4 is 21.7 Å². The van der Waals surface area contributed by atoms with Crippen LogP contribution in [0.4, 0.5) is 0 Å². The van der Waals surface area contributed by atoms with Crippen molar-refractivity contribution in [3.63, 3.8) is 0 Å². The molecule has 90 valence electrons. The van der Waals surface area contributed by atoms with E-state index in [1.165, 1.54) is 0 Å². The first-order chi connectivity index (χ1) is 8.72. The number of ketones is 1. The van der Waals surface area contributed by atoms with Crippen LogP contribution < -0.4 is 0 Å². The van der Waals surface area contributed by atoms with Gasteiger partial charge in [0.1, 0.15) is 0 Å². The van der Waals surface area contributed by atoms with Crippen molar-refractivity contribution in [3.8, 4) is 0 Å². The Labute approximate surface area is 114 Å². The molecule has 0 spiro atoms. The number of hydrogen-bond acceptors (Lipinski definition) is 2. The number of carbonyl (C=O) groups excluding carboxylic acids is 1. The number of halogens is 1. The Hall–Kier alpha value is -1.45. The molecule has 0 amide bonds. The summed E-state index contributed by atoms with van der Waals surface area (Å²) in [7, 11) is 0. The molecule has 0 radical (unpaired) electrons. The molecule has 1 heterocycles. The zero-order valence-electron chi connectivity index (χ0n) is 9.60. The van der Waals surface area contributed by atoms with E-state index in [0.717, 1.165) is 10.0 Å². The van der Waals surface area contributed by atoms with Gasteiger partial charge in [-0.15, -0.1) is 0 Å². The van der Waals surface area contributed by atoms with E-state index < -0.39 is 5.60 Å². The summed E-state index contributed by atoms with van der Waals surface area (Å²) in [6.07, 6.45) is 0. The van der Waals surface area contributed by atoms with Crippen molar-refractivity contribution in [1.82, 2.24) is 0 Å². The zero-order chi connectivity index (χ0) is 12.6. The summed E-state index contributed by atoms with van der Waals surface area (Å²) < 4.78 is 6.47. The van der Waals surface area contributed by atoms with Gasteiger partial charge in [-0.05, 0) is 17.7 Å². The molecule has 2 aromatic carbocycles. The van der Waals surface area contributed by atoms with Gasteiger partial charge in [-0.25, -0.2) is 0 Å². The monoisotopic (exact) mass is 302 g/mol. The molecular weight excluding hydrogens is 292 g/mol. The quantitative estimate of drug-likeness (QED) is 0.641. The average Bonchev–Trinajstić information content (AvgIpc) is 3.21. The van der Waals surface area contributed by atoms with Crippen molar-refractivity contribution < 1.29 is 9.53 Å². The maximum atomic E-state index is 12.5. The molecule has 2 nitrogen and oxygen atoms in total. The first-order valence-electron chi connectivity index (χ1n) is 5.72. The molecule has 18 heavy (non-hydrogen) atoms. The van der Waals surface area contributed by atoms with Gasteiger partial charge < -0.3 is 4.74 Å². The lowest BCUT2D eigenvalue weighted by Gasteiger charge is -2.11. The third kappa shape index (κ3) is 1.89. The van der Waals surface area contributed by atoms with Crippen LogP contribution in [0.3, 0.4) is 0 Å². The SMILES string of the molecule is O=C(c1ccccc1)C1(c2ccc(Br)cc2)CO1. The highest BCUT2D eigenvalue weighted by molar-refractivity contribution is 9.10. The fourth-order valence-electron chi connectivity index (χ4n) is 2.04. The Bertz CT molecular complexity index is 571. The number of benzene rings is 2. The second-order valence-corrected chi connectivity index (χ2v) is 5.23. The van der Waals surface area contributed by atoms with Gasteiger partial charge >= 0.3 is 0 Å². The second-order valence-electron chi connectivity index (χ2n) is 4.32. The van der Waals surface area contributed by atoms with Gasteiger partial charge in [0.25, 0.3) is 0 Å². The predicted octanol–water partition coefficient (Wildman–Crippen LogP) is 3.56. The van der Waals surface area contributed by atoms with Gasteiger partial charge in [0.15, 0.2) is 5.60 Å². The Kier molecular flexibility index (Phi) is 2.80. The van der Waals surface area contributed by atoms with Crippen molar-refractivity contribution in [3.05, 3.63) is 70.2 Å². The van der Waals surface area contributed by atoms with Crippen molar-refractivity contribution in [2.75, 3.05) is 6.61 Å². The second kappa shape index (κ2) is 4.34. The van der Waals surface area contributed by atoms with E-state index in [1.807, 2.05) is 54.6 Å². The minimum Gasteiger partial charge on any atom is -0.356 e. The van der Waals surface area contributed by atoms with E-state index in [1.54, 1.807) is 0 Å². The largest absolute Gasteiger partial charge is 0.356 e. The van der Waals surface area contributed by atoms with Crippen molar-refractivity contribution in [2.24, 2.45) is 0 Å². The molecule has 0 aliphatic carbocycles. The van der Waals surface area contributed by atoms with Crippen LogP contribution in [0.15, 0.2) is 59.1 Å². The van der Waals surface area contributed by atoms with Crippen LogP contribution in [0.25, 0.3) is 0 Å². The number of carbonyl (C=O) groups is 1. The Morgan fingerprint density at radius 2 is 1.67 bits per heavy atom. The molecule has 3 rings (SSSR count). The molecule has 1 aliphatic heterocycles. The van der Waals surface area contributed by atoms with Crippen LogP contribution >= 0.6 is 15.9 Å². The van der Waals surface area contributed by atoms with Crippen LogP contribution in [0.5, 0.6) is 0 Å². The van der Waals surface area contributed by atoms with E-state index in [0.29, 0.717) is 12.2 Å². The van der Waals surface area contributed by atoms with Crippen LogP contribution in [0, 0.1) is 0 Å². The first-order valence-corrected chi connectivity index (χ1v) is 6.51. The van der Waals surface area contributed by atoms with Crippen molar-refractivity contribution in [2.45, 2.75) is 5.60 Å². The van der Waals surface area contributed by atoms with Gasteiger partial charge in [-0.1, -0.05) is 58.4 Å². The standard InChI is InChI=1S/C15H11BrO2/c16-13-8-6-12(7-9-13)15(10-18-15)14(17)11-4-2-1-3-5-11/h1-9H,10H2. The first kappa shape index (κ1) is 11.6. The average molecular weight is 303 g/mol. The molecule has 1 atom stereocenters. The van der Waals surface area contributed by atoms with Crippen LogP contribution in [-0.4, -0.2) is 12.4 Å². The molecule has 0 aromatic heterocycles. The molecule has 0 saturated carbocycles. The van der Waals surface area contributed by atoms with E-state index >= 15 is 0 Å². The summed E-state index contributed by atoms with van der Waals surface area (Å²) in [5, 5.41) is 0. The van der Waals surface area contributed by atoms with E-state index in [4.69, 9.17) is 4.74 Å². The van der Waals surface area contributed by atoms with E-state index in [9.17, 15) is 4.79 Å². The Morgan fingerprint density at radius 3 is 2.22 bits per heavy atom. The summed E-state index contributed by atoms with van der Waals surface area (Å²) in [4.78, 5) is 12.5. The summed E-state index contributed by atoms with van der Waals surface area (Å²) in [6, 6.07) is 17.0. The molecule has 1 fully saturated rings. The van der Waals surface area contributed by atoms with Crippen LogP contribution in [-0.2, 0) is 10.3 Å². The number of hydrogen-bond donors (Lipinski definition) is 0. The zero-order valence-corrected chi connectivity index (χ0v) is 11.2. The molecule has 1 aliphatic rings. The molecule has 0 bridgehead atoms. The maximum absolute atomic E-state index is 12.5. The molecule has 0 N–H and O–H groups in total. The molecule has 1 saturated heterocycles. The maximum Gasteiger partial charge on any atom is 0.201 e. The predicted molar refractivity (Wildman–Crippen MR) is 72.5 cm³/mol. The summed E-state index contributed by atoms with van der Waals surface area (Å²) in [6.45, 7) is 0.461. The smallest absolute Gasteiger partial charge is 0.201 e. The van der Waals surface area contributed by atoms with Gasteiger partial charge in [0, 0.05) is 10.0 Å². The van der Waals surface area contributed by atoms with Gasteiger partial charge in [0.05, 0.1) is 6.61 Å². The topological polar surface area (TPSA) is 29.6 Å². The summed E-state index contributed by atoms with van der Waals surface area (Å²) in [5.41, 5.74) is 0.847. The lowest BCUT2D eigenvalue weighted by molar-refractivity contribution is 0.0871. The molecule has 1 unspecified atom stereocenters. The number of ether oxygens (including phenoxy) is 1. The van der Waals surface area contributed by atoms with Crippen molar-refractivity contribution in [1.29, 1.82) is 0 Å². The Balaban J connectivity index is 1.96. The third-order valence-corrected chi connectivity index (χ3v) is 3.67. The highest BCUT2D eigenvalue weighted by atomic mass is 79.9. The fourth-order valence-corrected chi connectivity index (χ4v) is 2.31. The van der Waals surface area contributed by atoms with Gasteiger partial charge in [0.2, 0.25) is 5.78 Å². The van der Waals surface area contributed by atoms with E-state index in [2.05, 4.69) is 15.9 Å². The fraction of sp³-hybridized carbons (Fsp3) is 0.133. The number of Topliss-reactive ketones (excluding diaryl/α,β-unsaturated/α-hetero) is 1. The molecular formula is C15H11BrO2. The van der Waals surface area contributed by atoms with Crippen LogP contribution in [0.2, 0.25) is 0 Å². The summed E-state index contributed by atoms with van der Waals surface area (Å²) >= 11 is 3.39. The van der Waals surface area contributed by atoms with Gasteiger partial charge in [-0.3, -0.25) is 4.79 Å². The molecule has 3 heteroatoms. The highest BCUT2D eigenvalue weighted by Gasteiger charge is 2.53. The lowest BCUT2D eigenvalue weighted by atomic mass is 9.91. The third-order valence-electron chi connectivity index (χ3n) is 3.15. The summed E-state index contributed by atoms with van der Waals surface area (Å²) in [5.74, 6) is 0.0328. The van der Waals surface area contributed by atoms with Crippen LogP contribution in [0.1, 0.15) is 15.9 Å². The van der Waals surface area contributed by atoms with Gasteiger partial charge in [-0.2, -0.15) is 0 Å². The number of epoxide rings is 1. The Morgan fingerprint density at radius 1 is 1.06 bits per heavy atom. The molecule has 2 aromatic rings. The minimum absolute atomic E-state index is 0.0328.